The Morgan fingerprint density at radius 3 is 2.62 bits per heavy atom. The topological polar surface area (TPSA) is 75.5 Å². The summed E-state index contributed by atoms with van der Waals surface area (Å²) in [6.45, 7) is 4.53. The molecule has 2 N–H and O–H groups in total. The van der Waals surface area contributed by atoms with Crippen LogP contribution in [0.1, 0.15) is 124 Å². The molecule has 5 nitrogen and oxygen atoms in total. The summed E-state index contributed by atoms with van der Waals surface area (Å²) >= 11 is 0. The minimum atomic E-state index is -1.09. The van der Waals surface area contributed by atoms with Crippen LogP contribution in [0.15, 0.2) is 28.7 Å². The normalized spacial score (nSPS) is 18.9. The third-order valence-electron chi connectivity index (χ3n) is 7.26. The number of allylic oxidation sites excluding steroid dienone is 1. The lowest BCUT2D eigenvalue weighted by molar-refractivity contribution is 0.0657. The molecule has 5 heteroatoms. The Morgan fingerprint density at radius 1 is 1.06 bits per heavy atom. The Balaban J connectivity index is 1.65. The van der Waals surface area contributed by atoms with Crippen LogP contribution < -0.4 is 15.4 Å². The molecule has 0 bridgehead atoms. The number of rotatable bonds is 13. The van der Waals surface area contributed by atoms with Gasteiger partial charge in [0, 0.05) is 17.3 Å². The highest BCUT2D eigenvalue weighted by Gasteiger charge is 2.28. The molecular weight excluding hydrogens is 426 g/mol. The van der Waals surface area contributed by atoms with Crippen molar-refractivity contribution in [2.24, 2.45) is 0 Å². The molecule has 34 heavy (non-hydrogen) atoms. The molecule has 2 unspecified atom stereocenters. The van der Waals surface area contributed by atoms with Gasteiger partial charge in [-0.25, -0.2) is 4.79 Å². The number of carboxylic acid groups (broad SMARTS) is 1. The highest BCUT2D eigenvalue weighted by atomic mass is 16.6. The highest BCUT2D eigenvalue weighted by Crippen LogP contribution is 2.36. The Kier molecular flexibility index (Phi) is 8.36. The lowest BCUT2D eigenvalue weighted by Gasteiger charge is -2.24. The zero-order chi connectivity index (χ0) is 23.9. The van der Waals surface area contributed by atoms with Crippen LogP contribution in [0, 0.1) is 0 Å². The first-order valence-corrected chi connectivity index (χ1v) is 13.3. The molecule has 0 amide bonds. The number of aromatic amines is 1. The number of hydrogen-bond acceptors (Lipinski definition) is 3. The first-order valence-electron chi connectivity index (χ1n) is 13.3. The number of carboxylic acids is 1. The number of aromatic carboxylic acids is 1. The molecule has 0 aliphatic heterocycles. The summed E-state index contributed by atoms with van der Waals surface area (Å²) in [5.41, 5.74) is 2.88. The van der Waals surface area contributed by atoms with E-state index in [1.165, 1.54) is 86.8 Å². The Bertz CT molecular complexity index is 1120. The molecule has 2 aromatic rings. The van der Waals surface area contributed by atoms with Gasteiger partial charge in [0.25, 0.3) is 5.95 Å². The van der Waals surface area contributed by atoms with Crippen molar-refractivity contribution >= 4 is 17.8 Å². The molecule has 0 spiro atoms. The summed E-state index contributed by atoms with van der Waals surface area (Å²) in [5, 5.41) is 11.5. The molecule has 0 aromatic carbocycles. The Hall–Kier alpha value is -2.69. The SMILES string of the molecule is CCCCCCCCC1C=CC(Oc2ccc(C(=O)O)o2)=c2[nH]c3c(c21)C(CCCC)CCC=3. The van der Waals surface area contributed by atoms with Crippen molar-refractivity contribution in [3.63, 3.8) is 0 Å². The number of carbonyl (C=O) groups is 1. The summed E-state index contributed by atoms with van der Waals surface area (Å²) < 4.78 is 11.5. The summed E-state index contributed by atoms with van der Waals surface area (Å²) in [4.78, 5) is 14.9. The van der Waals surface area contributed by atoms with Gasteiger partial charge >= 0.3 is 5.97 Å². The van der Waals surface area contributed by atoms with Crippen LogP contribution >= 0.6 is 0 Å². The van der Waals surface area contributed by atoms with E-state index in [9.17, 15) is 9.90 Å². The smallest absolute Gasteiger partial charge is 0.371 e. The van der Waals surface area contributed by atoms with E-state index in [1.807, 2.05) is 6.08 Å². The monoisotopic (exact) mass is 465 g/mol. The first-order chi connectivity index (χ1) is 16.6. The van der Waals surface area contributed by atoms with E-state index in [-0.39, 0.29) is 11.7 Å². The first kappa shape index (κ1) is 24.4. The van der Waals surface area contributed by atoms with Crippen molar-refractivity contribution in [2.75, 3.05) is 0 Å². The maximum Gasteiger partial charge on any atom is 0.371 e. The van der Waals surface area contributed by atoms with Gasteiger partial charge in [-0.15, -0.1) is 0 Å². The van der Waals surface area contributed by atoms with Gasteiger partial charge < -0.3 is 19.2 Å². The van der Waals surface area contributed by atoms with Crippen molar-refractivity contribution in [3.05, 3.63) is 51.9 Å². The second-order valence-electron chi connectivity index (χ2n) is 9.77. The van der Waals surface area contributed by atoms with Crippen LogP contribution in [0.5, 0.6) is 5.95 Å². The van der Waals surface area contributed by atoms with Crippen molar-refractivity contribution in [3.8, 4) is 5.95 Å². The summed E-state index contributed by atoms with van der Waals surface area (Å²) in [6.07, 6.45) is 21.6. The number of nitrogens with one attached hydrogen (secondary N) is 1. The fourth-order valence-electron chi connectivity index (χ4n) is 5.49. The molecule has 0 fully saturated rings. The maximum absolute atomic E-state index is 11.2. The molecule has 2 aliphatic rings. The van der Waals surface area contributed by atoms with E-state index in [1.54, 1.807) is 6.07 Å². The summed E-state index contributed by atoms with van der Waals surface area (Å²) in [7, 11) is 0. The summed E-state index contributed by atoms with van der Waals surface area (Å²) in [6, 6.07) is 3.01. The lowest BCUT2D eigenvalue weighted by Crippen LogP contribution is -2.22. The van der Waals surface area contributed by atoms with Gasteiger partial charge in [0.15, 0.2) is 5.76 Å². The average Bonchev–Trinajstić information content (AvgIpc) is 3.47. The van der Waals surface area contributed by atoms with Gasteiger partial charge in [-0.2, -0.15) is 0 Å². The largest absolute Gasteiger partial charge is 0.475 e. The van der Waals surface area contributed by atoms with Crippen molar-refractivity contribution in [1.82, 2.24) is 4.98 Å². The van der Waals surface area contributed by atoms with Crippen molar-refractivity contribution < 1.29 is 19.1 Å². The van der Waals surface area contributed by atoms with Crippen LogP contribution in [-0.2, 0) is 0 Å². The van der Waals surface area contributed by atoms with Crippen molar-refractivity contribution in [1.29, 1.82) is 0 Å². The van der Waals surface area contributed by atoms with Crippen LogP contribution in [0.2, 0.25) is 0 Å². The molecule has 2 aliphatic carbocycles. The Morgan fingerprint density at radius 2 is 1.85 bits per heavy atom. The quantitative estimate of drug-likeness (QED) is 0.321. The van der Waals surface area contributed by atoms with E-state index in [4.69, 9.17) is 9.15 Å². The lowest BCUT2D eigenvalue weighted by atomic mass is 9.79. The molecule has 0 saturated heterocycles. The van der Waals surface area contributed by atoms with E-state index < -0.39 is 5.97 Å². The van der Waals surface area contributed by atoms with Gasteiger partial charge in [-0.3, -0.25) is 0 Å². The van der Waals surface area contributed by atoms with E-state index in [2.05, 4.69) is 31.0 Å². The zero-order valence-electron chi connectivity index (χ0n) is 20.7. The van der Waals surface area contributed by atoms with Gasteiger partial charge in [-0.1, -0.05) is 77.4 Å². The van der Waals surface area contributed by atoms with Gasteiger partial charge in [0.1, 0.15) is 0 Å². The molecule has 0 radical (unpaired) electrons. The predicted molar refractivity (Wildman–Crippen MR) is 136 cm³/mol. The molecule has 2 aromatic heterocycles. The number of unbranched alkanes of at least 4 members (excludes halogenated alkanes) is 6. The predicted octanol–water partition coefficient (Wildman–Crippen LogP) is 6.75. The third-order valence-corrected chi connectivity index (χ3v) is 7.26. The molecular formula is C29H39NO4. The number of hydrogen-bond donors (Lipinski definition) is 2. The van der Waals surface area contributed by atoms with Crippen LogP contribution in [0.4, 0.5) is 0 Å². The highest BCUT2D eigenvalue weighted by molar-refractivity contribution is 5.84. The molecule has 0 saturated carbocycles. The second-order valence-corrected chi connectivity index (χ2v) is 9.77. The van der Waals surface area contributed by atoms with E-state index in [0.717, 1.165) is 18.2 Å². The number of furan rings is 1. The zero-order valence-corrected chi connectivity index (χ0v) is 20.7. The van der Waals surface area contributed by atoms with Crippen molar-refractivity contribution in [2.45, 2.75) is 103 Å². The minimum Gasteiger partial charge on any atom is -0.475 e. The minimum absolute atomic E-state index is 0.115. The van der Waals surface area contributed by atoms with Crippen LogP contribution in [0.25, 0.3) is 11.8 Å². The standard InChI is InChI=1S/C29H39NO4/c1-3-5-7-8-9-10-13-21-16-17-23(33-25-19-18-24(34-25)29(31)32)28-27(21)26-20(12-6-4-2)14-11-15-22(26)30-28/h15-21,30H,3-14H2,1-2H3,(H,31,32). The third kappa shape index (κ3) is 5.51. The molecule has 184 valence electrons. The average molecular weight is 466 g/mol. The number of H-pyrrole nitrogens is 1. The van der Waals surface area contributed by atoms with E-state index >= 15 is 0 Å². The summed E-state index contributed by atoms with van der Waals surface area (Å²) in [5.74, 6) is 0.670. The molecule has 2 atom stereocenters. The van der Waals surface area contributed by atoms with Gasteiger partial charge in [-0.05, 0) is 54.9 Å². The fraction of sp³-hybridized carbons (Fsp3) is 0.552. The van der Waals surface area contributed by atoms with Gasteiger partial charge in [0.05, 0.1) is 5.35 Å². The van der Waals surface area contributed by atoms with E-state index in [0.29, 0.717) is 17.6 Å². The second kappa shape index (κ2) is 11.6. The number of ether oxygens (including phenoxy) is 1. The number of fused-ring (bicyclic) bond motifs is 3. The van der Waals surface area contributed by atoms with Gasteiger partial charge in [0.2, 0.25) is 5.76 Å². The fourth-order valence-corrected chi connectivity index (χ4v) is 5.49. The molecule has 4 rings (SSSR count). The Labute approximate surface area is 202 Å². The molecule has 2 heterocycles. The van der Waals surface area contributed by atoms with Crippen LogP contribution in [-0.4, -0.2) is 16.1 Å². The van der Waals surface area contributed by atoms with Crippen LogP contribution in [0.3, 0.4) is 0 Å². The maximum atomic E-state index is 11.2. The number of aromatic nitrogens is 1.